The molecule has 3 aromatic rings. The van der Waals surface area contributed by atoms with E-state index in [1.165, 1.54) is 18.2 Å². The number of esters is 1. The summed E-state index contributed by atoms with van der Waals surface area (Å²) in [5.74, 6) is -0.989. The number of benzene rings is 3. The van der Waals surface area contributed by atoms with E-state index in [0.29, 0.717) is 30.6 Å². The normalized spacial score (nSPS) is 24.4. The van der Waals surface area contributed by atoms with Gasteiger partial charge in [0.2, 0.25) is 0 Å². The number of halogens is 3. The molecule has 6 nitrogen and oxygen atoms in total. The van der Waals surface area contributed by atoms with Crippen molar-refractivity contribution in [3.63, 3.8) is 0 Å². The number of hydroxylamine groups is 1. The Balaban J connectivity index is 1.48. The van der Waals surface area contributed by atoms with Crippen molar-refractivity contribution in [1.29, 1.82) is 0 Å². The highest BCUT2D eigenvalue weighted by molar-refractivity contribution is 5.75. The van der Waals surface area contributed by atoms with E-state index >= 15 is 0 Å². The Morgan fingerprint density at radius 2 is 1.69 bits per heavy atom. The van der Waals surface area contributed by atoms with Gasteiger partial charge in [-0.3, -0.25) is 9.63 Å². The van der Waals surface area contributed by atoms with E-state index in [-0.39, 0.29) is 24.2 Å². The average molecular weight is 584 g/mol. The van der Waals surface area contributed by atoms with Crippen LogP contribution >= 0.6 is 0 Å². The molecule has 4 atom stereocenters. The number of carbonyl (C=O) groups is 1. The number of hydrogen-bond donors (Lipinski definition) is 1. The van der Waals surface area contributed by atoms with Gasteiger partial charge in [0.1, 0.15) is 23.7 Å². The fraction of sp³-hybridized carbons (Fsp3) is 0.424. The van der Waals surface area contributed by atoms with Crippen LogP contribution in [0.15, 0.2) is 78.9 Å². The molecule has 2 aliphatic rings. The van der Waals surface area contributed by atoms with Crippen LogP contribution in [-0.2, 0) is 21.0 Å². The molecule has 1 unspecified atom stereocenters. The molecule has 1 saturated carbocycles. The lowest BCUT2D eigenvalue weighted by atomic mass is 9.64. The highest BCUT2D eigenvalue weighted by Crippen LogP contribution is 2.54. The summed E-state index contributed by atoms with van der Waals surface area (Å²) < 4.78 is 55.6. The van der Waals surface area contributed by atoms with E-state index in [1.807, 2.05) is 81.4 Å². The first-order valence-electron chi connectivity index (χ1n) is 14.2. The van der Waals surface area contributed by atoms with Crippen LogP contribution in [0, 0.1) is 5.92 Å². The molecular formula is C33H36F3NO5. The van der Waals surface area contributed by atoms with Gasteiger partial charge in [-0.15, -0.1) is 13.2 Å². The molecule has 1 saturated heterocycles. The van der Waals surface area contributed by atoms with E-state index in [9.17, 15) is 18.0 Å². The van der Waals surface area contributed by atoms with Crippen LogP contribution in [0.5, 0.6) is 11.5 Å². The second-order valence-corrected chi connectivity index (χ2v) is 12.0. The van der Waals surface area contributed by atoms with Gasteiger partial charge in [0.25, 0.3) is 0 Å². The van der Waals surface area contributed by atoms with Gasteiger partial charge in [-0.2, -0.15) is 5.48 Å². The molecule has 9 heteroatoms. The first kappa shape index (κ1) is 29.9. The molecule has 1 aliphatic carbocycles. The lowest BCUT2D eigenvalue weighted by molar-refractivity contribution is -0.274. The van der Waals surface area contributed by atoms with Gasteiger partial charge in [0, 0.05) is 17.9 Å². The van der Waals surface area contributed by atoms with Gasteiger partial charge < -0.3 is 14.2 Å². The Morgan fingerprint density at radius 1 is 1.00 bits per heavy atom. The molecule has 1 spiro atoms. The van der Waals surface area contributed by atoms with Crippen LogP contribution in [0.2, 0.25) is 0 Å². The second kappa shape index (κ2) is 12.0. The van der Waals surface area contributed by atoms with E-state index in [1.54, 1.807) is 0 Å². The topological polar surface area (TPSA) is 66.0 Å². The van der Waals surface area contributed by atoms with Crippen molar-refractivity contribution in [1.82, 2.24) is 5.48 Å². The Kier molecular flexibility index (Phi) is 8.53. The number of carbonyl (C=O) groups excluding carboxylic acids is 1. The molecule has 0 aromatic heterocycles. The lowest BCUT2D eigenvalue weighted by Gasteiger charge is -2.44. The number of rotatable bonds is 7. The largest absolute Gasteiger partial charge is 0.573 e. The summed E-state index contributed by atoms with van der Waals surface area (Å²) in [7, 11) is 0. The van der Waals surface area contributed by atoms with Crippen LogP contribution in [0.3, 0.4) is 0 Å². The SMILES string of the molecule is CC(C)(C)OC(=O)C1CCC[C@@]2(C[C@H](c3cc(OC(F)(F)F)ccc3OCc3ccccc3)NO2)[C@@H]1c1ccccc1. The number of nitrogens with one attached hydrogen (secondary N) is 1. The van der Waals surface area contributed by atoms with Crippen molar-refractivity contribution in [3.05, 3.63) is 95.6 Å². The summed E-state index contributed by atoms with van der Waals surface area (Å²) in [6.45, 7) is 5.77. The van der Waals surface area contributed by atoms with Crippen LogP contribution < -0.4 is 15.0 Å². The zero-order valence-corrected chi connectivity index (χ0v) is 23.9. The summed E-state index contributed by atoms with van der Waals surface area (Å²) in [4.78, 5) is 19.9. The predicted molar refractivity (Wildman–Crippen MR) is 151 cm³/mol. The smallest absolute Gasteiger partial charge is 0.489 e. The van der Waals surface area contributed by atoms with E-state index in [0.717, 1.165) is 17.5 Å². The summed E-state index contributed by atoms with van der Waals surface area (Å²) >= 11 is 0. The van der Waals surface area contributed by atoms with Gasteiger partial charge in [0.15, 0.2) is 0 Å². The number of ether oxygens (including phenoxy) is 3. The zero-order valence-electron chi connectivity index (χ0n) is 23.9. The Hall–Kier alpha value is -3.56. The summed E-state index contributed by atoms with van der Waals surface area (Å²) in [5, 5.41) is 0. The van der Waals surface area contributed by atoms with Crippen LogP contribution in [0.4, 0.5) is 13.2 Å². The van der Waals surface area contributed by atoms with E-state index in [2.05, 4.69) is 10.2 Å². The molecule has 224 valence electrons. The van der Waals surface area contributed by atoms with Crippen LogP contribution in [0.25, 0.3) is 0 Å². The minimum absolute atomic E-state index is 0.236. The molecule has 42 heavy (non-hydrogen) atoms. The minimum Gasteiger partial charge on any atom is -0.489 e. The van der Waals surface area contributed by atoms with Crippen molar-refractivity contribution < 1.29 is 37.0 Å². The fourth-order valence-corrected chi connectivity index (χ4v) is 6.13. The Morgan fingerprint density at radius 3 is 2.36 bits per heavy atom. The minimum atomic E-state index is -4.84. The van der Waals surface area contributed by atoms with Crippen molar-refractivity contribution in [2.75, 3.05) is 0 Å². The molecule has 0 bridgehead atoms. The maximum Gasteiger partial charge on any atom is 0.573 e. The molecule has 0 radical (unpaired) electrons. The summed E-state index contributed by atoms with van der Waals surface area (Å²) in [6, 6.07) is 22.8. The molecule has 3 aromatic carbocycles. The second-order valence-electron chi connectivity index (χ2n) is 12.0. The van der Waals surface area contributed by atoms with Gasteiger partial charge in [-0.1, -0.05) is 60.7 Å². The molecule has 1 aliphatic heterocycles. The Bertz CT molecular complexity index is 1360. The third-order valence-corrected chi connectivity index (χ3v) is 7.73. The van der Waals surface area contributed by atoms with Crippen LogP contribution in [-0.4, -0.2) is 23.5 Å². The maximum absolute atomic E-state index is 13.5. The third kappa shape index (κ3) is 7.07. The van der Waals surface area contributed by atoms with E-state index < -0.39 is 29.5 Å². The van der Waals surface area contributed by atoms with Gasteiger partial charge in [-0.05, 0) is 69.4 Å². The standard InChI is InChI=1S/C33H36F3NO5/c1-31(2,3)41-30(38)25-15-10-18-32(29(25)23-13-8-5-9-14-23)20-27(37-42-32)26-19-24(40-33(34,35)36)16-17-28(26)39-21-22-11-6-4-7-12-22/h4-9,11-14,16-17,19,25,27,29,37H,10,15,18,20-21H2,1-3H3/t25?,27-,29-,32-/m1/s1. The van der Waals surface area contributed by atoms with Crippen molar-refractivity contribution in [2.45, 2.75) is 82.6 Å². The van der Waals surface area contributed by atoms with Gasteiger partial charge >= 0.3 is 12.3 Å². The summed E-state index contributed by atoms with van der Waals surface area (Å²) in [5.41, 5.74) is 4.00. The highest BCUT2D eigenvalue weighted by atomic mass is 19.4. The van der Waals surface area contributed by atoms with E-state index in [4.69, 9.17) is 14.3 Å². The zero-order chi connectivity index (χ0) is 30.0. The molecular weight excluding hydrogens is 547 g/mol. The molecule has 5 rings (SSSR count). The molecule has 1 N–H and O–H groups in total. The molecule has 1 heterocycles. The third-order valence-electron chi connectivity index (χ3n) is 7.73. The Labute approximate surface area is 244 Å². The van der Waals surface area contributed by atoms with Crippen molar-refractivity contribution in [2.24, 2.45) is 5.92 Å². The maximum atomic E-state index is 13.5. The number of alkyl halides is 3. The molecule has 0 amide bonds. The number of hydrogen-bond acceptors (Lipinski definition) is 6. The first-order chi connectivity index (χ1) is 19.9. The predicted octanol–water partition coefficient (Wildman–Crippen LogP) is 7.79. The quantitative estimate of drug-likeness (QED) is 0.287. The fourth-order valence-electron chi connectivity index (χ4n) is 6.13. The van der Waals surface area contributed by atoms with Crippen LogP contribution in [0.1, 0.15) is 75.1 Å². The average Bonchev–Trinajstić information content (AvgIpc) is 3.35. The van der Waals surface area contributed by atoms with Gasteiger partial charge in [-0.25, -0.2) is 0 Å². The molecule has 2 fully saturated rings. The first-order valence-corrected chi connectivity index (χ1v) is 14.2. The monoisotopic (exact) mass is 583 g/mol. The van der Waals surface area contributed by atoms with Crippen molar-refractivity contribution >= 4 is 5.97 Å². The lowest BCUT2D eigenvalue weighted by Crippen LogP contribution is -2.47. The highest BCUT2D eigenvalue weighted by Gasteiger charge is 2.55. The van der Waals surface area contributed by atoms with Crippen molar-refractivity contribution in [3.8, 4) is 11.5 Å². The summed E-state index contributed by atoms with van der Waals surface area (Å²) in [6.07, 6.45) is -2.40. The van der Waals surface area contributed by atoms with Gasteiger partial charge in [0.05, 0.1) is 17.6 Å².